The third-order valence-electron chi connectivity index (χ3n) is 2.74. The molecule has 2 N–H and O–H groups in total. The summed E-state index contributed by atoms with van der Waals surface area (Å²) in [5, 5.41) is 5.19. The molecule has 0 aliphatic rings. The smallest absolute Gasteiger partial charge is 0.408 e. The Bertz CT molecular complexity index is 483. The van der Waals surface area contributed by atoms with Gasteiger partial charge in [-0.15, -0.1) is 0 Å². The monoisotopic (exact) mass is 308 g/mol. The van der Waals surface area contributed by atoms with Gasteiger partial charge in [-0.2, -0.15) is 0 Å². The fraction of sp³-hybridized carbons (Fsp3) is 0.500. The minimum absolute atomic E-state index is 0.190. The van der Waals surface area contributed by atoms with Gasteiger partial charge in [-0.05, 0) is 26.3 Å². The van der Waals surface area contributed by atoms with Crippen LogP contribution in [0.5, 0.6) is 0 Å². The van der Waals surface area contributed by atoms with Crippen molar-refractivity contribution in [1.82, 2.24) is 10.6 Å². The molecule has 122 valence electrons. The van der Waals surface area contributed by atoms with Crippen molar-refractivity contribution in [3.8, 4) is 0 Å². The van der Waals surface area contributed by atoms with E-state index in [9.17, 15) is 9.59 Å². The van der Waals surface area contributed by atoms with Crippen molar-refractivity contribution in [2.75, 3.05) is 13.7 Å². The van der Waals surface area contributed by atoms with Gasteiger partial charge in [0.15, 0.2) is 0 Å². The second-order valence-electron chi connectivity index (χ2n) is 5.78. The van der Waals surface area contributed by atoms with E-state index in [1.807, 2.05) is 30.3 Å². The van der Waals surface area contributed by atoms with Crippen molar-refractivity contribution in [1.29, 1.82) is 0 Å². The largest absolute Gasteiger partial charge is 0.449 e. The molecule has 6 heteroatoms. The Morgan fingerprint density at radius 1 is 1.14 bits per heavy atom. The normalized spacial score (nSPS) is 12.2. The van der Waals surface area contributed by atoms with E-state index in [1.54, 1.807) is 20.8 Å². The standard InChI is InChI=1S/C16H24N2O4/c1-16(2,3)22-15(20)18-13(10-11-21-14(19)17-4)12-8-6-5-7-9-12/h5-9,13H,10-11H2,1-4H3,(H,17,19)(H,18,20)/t13-/m0/s1. The van der Waals surface area contributed by atoms with Gasteiger partial charge in [0.1, 0.15) is 5.60 Å². The van der Waals surface area contributed by atoms with Crippen LogP contribution in [0.4, 0.5) is 9.59 Å². The molecule has 22 heavy (non-hydrogen) atoms. The molecule has 0 fully saturated rings. The van der Waals surface area contributed by atoms with Gasteiger partial charge in [0, 0.05) is 13.5 Å². The van der Waals surface area contributed by atoms with E-state index < -0.39 is 17.8 Å². The first-order valence-electron chi connectivity index (χ1n) is 7.21. The molecule has 0 saturated carbocycles. The first kappa shape index (κ1) is 17.8. The average Bonchev–Trinajstić information content (AvgIpc) is 2.45. The molecule has 1 atom stereocenters. The van der Waals surface area contributed by atoms with Crippen LogP contribution in [0.1, 0.15) is 38.8 Å². The lowest BCUT2D eigenvalue weighted by atomic mass is 10.0. The number of amides is 2. The minimum atomic E-state index is -0.566. The summed E-state index contributed by atoms with van der Waals surface area (Å²) < 4.78 is 10.3. The first-order chi connectivity index (χ1) is 10.3. The van der Waals surface area contributed by atoms with Crippen LogP contribution in [-0.2, 0) is 9.47 Å². The molecule has 1 aromatic rings. The number of nitrogens with one attached hydrogen (secondary N) is 2. The van der Waals surface area contributed by atoms with Gasteiger partial charge in [0.25, 0.3) is 0 Å². The van der Waals surface area contributed by atoms with Crippen LogP contribution in [0.15, 0.2) is 30.3 Å². The van der Waals surface area contributed by atoms with Crippen molar-refractivity contribution < 1.29 is 19.1 Å². The summed E-state index contributed by atoms with van der Waals surface area (Å²) in [6.45, 7) is 5.60. The topological polar surface area (TPSA) is 76.7 Å². The van der Waals surface area contributed by atoms with E-state index in [4.69, 9.17) is 9.47 Å². The predicted octanol–water partition coefficient (Wildman–Crippen LogP) is 3.00. The number of carbonyl (C=O) groups excluding carboxylic acids is 2. The zero-order valence-electron chi connectivity index (χ0n) is 13.5. The van der Waals surface area contributed by atoms with E-state index in [0.29, 0.717) is 6.42 Å². The number of benzene rings is 1. The third kappa shape index (κ3) is 6.97. The lowest BCUT2D eigenvalue weighted by Gasteiger charge is -2.24. The number of rotatable bonds is 5. The summed E-state index contributed by atoms with van der Waals surface area (Å²) >= 11 is 0. The SMILES string of the molecule is CNC(=O)OCC[C@H](NC(=O)OC(C)(C)C)c1ccccc1. The summed E-state index contributed by atoms with van der Waals surface area (Å²) in [4.78, 5) is 23.0. The predicted molar refractivity (Wildman–Crippen MR) is 83.6 cm³/mol. The summed E-state index contributed by atoms with van der Waals surface area (Å²) in [6, 6.07) is 9.19. The van der Waals surface area contributed by atoms with Crippen LogP contribution in [-0.4, -0.2) is 31.4 Å². The molecule has 0 aliphatic carbocycles. The highest BCUT2D eigenvalue weighted by atomic mass is 16.6. The number of carbonyl (C=O) groups is 2. The molecule has 0 radical (unpaired) electrons. The highest BCUT2D eigenvalue weighted by Crippen LogP contribution is 2.18. The van der Waals surface area contributed by atoms with Crippen LogP contribution in [0.3, 0.4) is 0 Å². The van der Waals surface area contributed by atoms with E-state index in [1.165, 1.54) is 7.05 Å². The zero-order chi connectivity index (χ0) is 16.6. The molecule has 2 amide bonds. The number of hydrogen-bond donors (Lipinski definition) is 2. The Balaban J connectivity index is 2.66. The second kappa shape index (κ2) is 8.26. The molecule has 0 aliphatic heterocycles. The summed E-state index contributed by atoms with van der Waals surface area (Å²) in [7, 11) is 1.50. The molecule has 0 heterocycles. The zero-order valence-corrected chi connectivity index (χ0v) is 13.5. The molecule has 6 nitrogen and oxygen atoms in total. The highest BCUT2D eigenvalue weighted by molar-refractivity contribution is 5.68. The number of ether oxygens (including phenoxy) is 2. The number of hydrogen-bond acceptors (Lipinski definition) is 4. The highest BCUT2D eigenvalue weighted by Gasteiger charge is 2.20. The molecule has 0 aromatic heterocycles. The van der Waals surface area contributed by atoms with Crippen molar-refractivity contribution in [3.63, 3.8) is 0 Å². The quantitative estimate of drug-likeness (QED) is 0.876. The van der Waals surface area contributed by atoms with Gasteiger partial charge < -0.3 is 20.1 Å². The van der Waals surface area contributed by atoms with Gasteiger partial charge in [-0.3, -0.25) is 0 Å². The molecule has 0 spiro atoms. The van der Waals surface area contributed by atoms with Gasteiger partial charge in [0.05, 0.1) is 12.6 Å². The average molecular weight is 308 g/mol. The minimum Gasteiger partial charge on any atom is -0.449 e. The van der Waals surface area contributed by atoms with Gasteiger partial charge >= 0.3 is 12.2 Å². The van der Waals surface area contributed by atoms with Crippen LogP contribution in [0, 0.1) is 0 Å². The lowest BCUT2D eigenvalue weighted by Crippen LogP contribution is -2.35. The Kier molecular flexibility index (Phi) is 6.69. The molecule has 0 saturated heterocycles. The van der Waals surface area contributed by atoms with Crippen molar-refractivity contribution in [3.05, 3.63) is 35.9 Å². The van der Waals surface area contributed by atoms with Crippen LogP contribution < -0.4 is 10.6 Å². The fourth-order valence-corrected chi connectivity index (χ4v) is 1.80. The second-order valence-corrected chi connectivity index (χ2v) is 5.78. The van der Waals surface area contributed by atoms with Crippen LogP contribution in [0.25, 0.3) is 0 Å². The maximum atomic E-state index is 11.9. The fourth-order valence-electron chi connectivity index (χ4n) is 1.80. The molecule has 1 rings (SSSR count). The van der Waals surface area contributed by atoms with Crippen LogP contribution in [0.2, 0.25) is 0 Å². The van der Waals surface area contributed by atoms with E-state index in [0.717, 1.165) is 5.56 Å². The van der Waals surface area contributed by atoms with Crippen molar-refractivity contribution in [2.24, 2.45) is 0 Å². The molecule has 0 unspecified atom stereocenters. The van der Waals surface area contributed by atoms with E-state index in [2.05, 4.69) is 10.6 Å². The molecular weight excluding hydrogens is 284 g/mol. The molecular formula is C16H24N2O4. The van der Waals surface area contributed by atoms with E-state index in [-0.39, 0.29) is 12.6 Å². The van der Waals surface area contributed by atoms with Crippen molar-refractivity contribution >= 4 is 12.2 Å². The van der Waals surface area contributed by atoms with Gasteiger partial charge in [-0.25, -0.2) is 9.59 Å². The summed E-state index contributed by atoms with van der Waals surface area (Å²) in [6.07, 6.45) is -0.540. The maximum Gasteiger partial charge on any atom is 0.408 e. The first-order valence-corrected chi connectivity index (χ1v) is 7.21. The Hall–Kier alpha value is -2.24. The lowest BCUT2D eigenvalue weighted by molar-refractivity contribution is 0.0495. The Morgan fingerprint density at radius 3 is 2.32 bits per heavy atom. The summed E-state index contributed by atoms with van der Waals surface area (Å²) in [5.74, 6) is 0. The Morgan fingerprint density at radius 2 is 1.77 bits per heavy atom. The Labute approximate surface area is 131 Å². The molecule has 0 bridgehead atoms. The maximum absolute atomic E-state index is 11.9. The van der Waals surface area contributed by atoms with Crippen molar-refractivity contribution in [2.45, 2.75) is 38.8 Å². The van der Waals surface area contributed by atoms with Gasteiger partial charge in [0.2, 0.25) is 0 Å². The van der Waals surface area contributed by atoms with E-state index >= 15 is 0 Å². The van der Waals surface area contributed by atoms with Gasteiger partial charge in [-0.1, -0.05) is 30.3 Å². The molecule has 1 aromatic carbocycles. The third-order valence-corrected chi connectivity index (χ3v) is 2.74. The summed E-state index contributed by atoms with van der Waals surface area (Å²) in [5.41, 5.74) is 0.359. The van der Waals surface area contributed by atoms with Crippen LogP contribution >= 0.6 is 0 Å². The number of alkyl carbamates (subject to hydrolysis) is 2.